The van der Waals surface area contributed by atoms with Crippen molar-refractivity contribution in [3.63, 3.8) is 0 Å². The van der Waals surface area contributed by atoms with E-state index in [1.807, 2.05) is 36.4 Å². The first-order valence-corrected chi connectivity index (χ1v) is 5.56. The van der Waals surface area contributed by atoms with Crippen LogP contribution in [0, 0.1) is 0 Å². The van der Waals surface area contributed by atoms with Crippen LogP contribution in [-0.2, 0) is 0 Å². The van der Waals surface area contributed by atoms with Gasteiger partial charge in [-0.15, -0.1) is 0 Å². The van der Waals surface area contributed by atoms with Crippen LogP contribution in [0.25, 0.3) is 10.8 Å². The van der Waals surface area contributed by atoms with Gasteiger partial charge in [0.1, 0.15) is 0 Å². The second-order valence-electron chi connectivity index (χ2n) is 3.50. The van der Waals surface area contributed by atoms with Crippen LogP contribution in [-0.4, -0.2) is 11.7 Å². The number of aliphatic hydroxyl groups is 1. The van der Waals surface area contributed by atoms with Gasteiger partial charge in [-0.1, -0.05) is 40.2 Å². The van der Waals surface area contributed by atoms with Crippen molar-refractivity contribution in [2.45, 2.75) is 6.04 Å². The van der Waals surface area contributed by atoms with Gasteiger partial charge in [0, 0.05) is 4.47 Å². The van der Waals surface area contributed by atoms with Gasteiger partial charge in [0.05, 0.1) is 12.6 Å². The van der Waals surface area contributed by atoms with E-state index in [4.69, 9.17) is 10.8 Å². The molecule has 0 aliphatic carbocycles. The summed E-state index contributed by atoms with van der Waals surface area (Å²) in [5, 5.41) is 11.3. The van der Waals surface area contributed by atoms with Crippen molar-refractivity contribution in [2.24, 2.45) is 5.73 Å². The Labute approximate surface area is 96.8 Å². The number of hydrogen-bond acceptors (Lipinski definition) is 2. The molecule has 0 aliphatic heterocycles. The monoisotopic (exact) mass is 265 g/mol. The van der Waals surface area contributed by atoms with E-state index < -0.39 is 0 Å². The first-order chi connectivity index (χ1) is 7.22. The fourth-order valence-electron chi connectivity index (χ4n) is 1.70. The third kappa shape index (κ3) is 2.04. The lowest BCUT2D eigenvalue weighted by Gasteiger charge is -2.12. The van der Waals surface area contributed by atoms with E-state index in [0.717, 1.165) is 20.8 Å². The van der Waals surface area contributed by atoms with Crippen LogP contribution in [0.4, 0.5) is 0 Å². The molecular formula is C12H12BrNO. The minimum atomic E-state index is -0.310. The molecule has 2 nitrogen and oxygen atoms in total. The molecule has 0 bridgehead atoms. The van der Waals surface area contributed by atoms with Gasteiger partial charge in [0.2, 0.25) is 0 Å². The van der Waals surface area contributed by atoms with E-state index in [0.29, 0.717) is 0 Å². The van der Waals surface area contributed by atoms with Crippen molar-refractivity contribution in [1.29, 1.82) is 0 Å². The lowest BCUT2D eigenvalue weighted by molar-refractivity contribution is 0.268. The topological polar surface area (TPSA) is 46.2 Å². The molecule has 0 aliphatic rings. The Hall–Kier alpha value is -0.900. The number of halogens is 1. The highest BCUT2D eigenvalue weighted by Crippen LogP contribution is 2.25. The normalized spacial score (nSPS) is 13.0. The highest BCUT2D eigenvalue weighted by molar-refractivity contribution is 9.10. The van der Waals surface area contributed by atoms with Crippen molar-refractivity contribution < 1.29 is 5.11 Å². The Kier molecular flexibility index (Phi) is 3.05. The Bertz CT molecular complexity index is 484. The molecule has 78 valence electrons. The maximum atomic E-state index is 9.07. The first kappa shape index (κ1) is 10.6. The van der Waals surface area contributed by atoms with Crippen LogP contribution < -0.4 is 5.73 Å². The van der Waals surface area contributed by atoms with E-state index in [1.54, 1.807) is 0 Å². The van der Waals surface area contributed by atoms with Gasteiger partial charge < -0.3 is 10.8 Å². The van der Waals surface area contributed by atoms with Gasteiger partial charge in [0.15, 0.2) is 0 Å². The molecule has 0 fully saturated rings. The highest BCUT2D eigenvalue weighted by Gasteiger charge is 2.08. The summed E-state index contributed by atoms with van der Waals surface area (Å²) in [6, 6.07) is 11.7. The van der Waals surface area contributed by atoms with Crippen molar-refractivity contribution in [1.82, 2.24) is 0 Å². The average Bonchev–Trinajstić information content (AvgIpc) is 2.26. The zero-order valence-electron chi connectivity index (χ0n) is 8.15. The molecule has 2 aromatic rings. The standard InChI is InChI=1S/C12H12BrNO/c13-9-4-5-10-8(6-9)2-1-3-11(10)12(14)7-15/h1-6,12,15H,7,14H2. The van der Waals surface area contributed by atoms with Gasteiger partial charge in [-0.2, -0.15) is 0 Å². The Morgan fingerprint density at radius 1 is 1.27 bits per heavy atom. The van der Waals surface area contributed by atoms with Crippen LogP contribution in [0.15, 0.2) is 40.9 Å². The summed E-state index contributed by atoms with van der Waals surface area (Å²) in [5.41, 5.74) is 6.83. The summed E-state index contributed by atoms with van der Waals surface area (Å²) in [6.45, 7) is -0.0326. The van der Waals surface area contributed by atoms with E-state index in [9.17, 15) is 0 Å². The van der Waals surface area contributed by atoms with E-state index in [2.05, 4.69) is 15.9 Å². The summed E-state index contributed by atoms with van der Waals surface area (Å²) < 4.78 is 1.05. The van der Waals surface area contributed by atoms with Crippen LogP contribution in [0.3, 0.4) is 0 Å². The van der Waals surface area contributed by atoms with Gasteiger partial charge in [-0.3, -0.25) is 0 Å². The number of nitrogens with two attached hydrogens (primary N) is 1. The Morgan fingerprint density at radius 3 is 2.80 bits per heavy atom. The fraction of sp³-hybridized carbons (Fsp3) is 0.167. The van der Waals surface area contributed by atoms with Gasteiger partial charge in [0.25, 0.3) is 0 Å². The van der Waals surface area contributed by atoms with Crippen LogP contribution in [0.1, 0.15) is 11.6 Å². The number of rotatable bonds is 2. The number of benzene rings is 2. The maximum absolute atomic E-state index is 9.07. The summed E-state index contributed by atoms with van der Waals surface area (Å²) in [7, 11) is 0. The predicted molar refractivity (Wildman–Crippen MR) is 65.7 cm³/mol. The molecule has 0 saturated heterocycles. The second kappa shape index (κ2) is 4.31. The van der Waals surface area contributed by atoms with Crippen LogP contribution in [0.2, 0.25) is 0 Å². The lowest BCUT2D eigenvalue weighted by atomic mass is 10.00. The molecule has 2 aromatic carbocycles. The molecule has 3 N–H and O–H groups in total. The van der Waals surface area contributed by atoms with E-state index in [1.165, 1.54) is 0 Å². The molecule has 15 heavy (non-hydrogen) atoms. The van der Waals surface area contributed by atoms with Gasteiger partial charge in [-0.25, -0.2) is 0 Å². The molecule has 3 heteroatoms. The summed E-state index contributed by atoms with van der Waals surface area (Å²) in [6.07, 6.45) is 0. The third-order valence-electron chi connectivity index (χ3n) is 2.47. The fourth-order valence-corrected chi connectivity index (χ4v) is 2.08. The molecular weight excluding hydrogens is 254 g/mol. The Morgan fingerprint density at radius 2 is 2.07 bits per heavy atom. The Balaban J connectivity index is 2.66. The molecule has 2 rings (SSSR count). The molecule has 1 atom stereocenters. The summed E-state index contributed by atoms with van der Waals surface area (Å²) in [4.78, 5) is 0. The average molecular weight is 266 g/mol. The summed E-state index contributed by atoms with van der Waals surface area (Å²) in [5.74, 6) is 0. The zero-order valence-corrected chi connectivity index (χ0v) is 9.74. The number of hydrogen-bond donors (Lipinski definition) is 2. The molecule has 0 saturated carbocycles. The van der Waals surface area contributed by atoms with Crippen molar-refractivity contribution in [3.8, 4) is 0 Å². The van der Waals surface area contributed by atoms with Crippen molar-refractivity contribution in [3.05, 3.63) is 46.4 Å². The third-order valence-corrected chi connectivity index (χ3v) is 2.97. The molecule has 0 spiro atoms. The SMILES string of the molecule is NC(CO)c1cccc2cc(Br)ccc12. The van der Waals surface area contributed by atoms with Gasteiger partial charge in [-0.05, 0) is 28.5 Å². The van der Waals surface area contributed by atoms with Gasteiger partial charge >= 0.3 is 0 Å². The van der Waals surface area contributed by atoms with E-state index in [-0.39, 0.29) is 12.6 Å². The predicted octanol–water partition coefficient (Wildman–Crippen LogP) is 2.59. The number of fused-ring (bicyclic) bond motifs is 1. The van der Waals surface area contributed by atoms with Crippen LogP contribution >= 0.6 is 15.9 Å². The quantitative estimate of drug-likeness (QED) is 0.877. The molecule has 0 amide bonds. The molecule has 0 heterocycles. The lowest BCUT2D eigenvalue weighted by Crippen LogP contribution is -2.14. The largest absolute Gasteiger partial charge is 0.394 e. The highest BCUT2D eigenvalue weighted by atomic mass is 79.9. The minimum absolute atomic E-state index is 0.0326. The molecule has 0 radical (unpaired) electrons. The van der Waals surface area contributed by atoms with Crippen LogP contribution in [0.5, 0.6) is 0 Å². The minimum Gasteiger partial charge on any atom is -0.394 e. The van der Waals surface area contributed by atoms with Crippen molar-refractivity contribution in [2.75, 3.05) is 6.61 Å². The zero-order chi connectivity index (χ0) is 10.8. The first-order valence-electron chi connectivity index (χ1n) is 4.77. The smallest absolute Gasteiger partial charge is 0.0624 e. The number of aliphatic hydroxyl groups excluding tert-OH is 1. The van der Waals surface area contributed by atoms with Crippen molar-refractivity contribution >= 4 is 26.7 Å². The second-order valence-corrected chi connectivity index (χ2v) is 4.42. The molecule has 1 unspecified atom stereocenters. The molecule has 0 aromatic heterocycles. The van der Waals surface area contributed by atoms with E-state index >= 15 is 0 Å². The summed E-state index contributed by atoms with van der Waals surface area (Å²) >= 11 is 3.43. The maximum Gasteiger partial charge on any atom is 0.0624 e.